The molecule has 3 rings (SSSR count). The average molecular weight is 422 g/mol. The molecule has 31 heavy (non-hydrogen) atoms. The first-order valence-corrected chi connectivity index (χ1v) is 10.2. The maximum Gasteiger partial charge on any atom is 0.234 e. The summed E-state index contributed by atoms with van der Waals surface area (Å²) < 4.78 is 11.6. The summed E-state index contributed by atoms with van der Waals surface area (Å²) in [6.45, 7) is 6.43. The number of aromatic nitrogens is 3. The minimum Gasteiger partial charge on any atom is -0.457 e. The van der Waals surface area contributed by atoms with Crippen LogP contribution < -0.4 is 15.4 Å². The summed E-state index contributed by atoms with van der Waals surface area (Å²) in [5, 5.41) is 5.83. The number of ether oxygens (including phenoxy) is 2. The van der Waals surface area contributed by atoms with Crippen LogP contribution in [0.15, 0.2) is 54.6 Å². The number of rotatable bonds is 10. The van der Waals surface area contributed by atoms with Crippen molar-refractivity contribution in [1.82, 2.24) is 15.0 Å². The topological polar surface area (TPSA) is 98.3 Å². The Kier molecular flexibility index (Phi) is 7.89. The summed E-state index contributed by atoms with van der Waals surface area (Å²) in [5.74, 6) is 2.60. The van der Waals surface area contributed by atoms with E-state index in [-0.39, 0.29) is 17.9 Å². The molecule has 8 nitrogen and oxygen atoms in total. The zero-order chi connectivity index (χ0) is 22.1. The average Bonchev–Trinajstić information content (AvgIpc) is 2.75. The molecule has 0 aliphatic carbocycles. The second-order valence-electron chi connectivity index (χ2n) is 7.05. The fourth-order valence-electron chi connectivity index (χ4n) is 2.71. The van der Waals surface area contributed by atoms with Gasteiger partial charge in [-0.25, -0.2) is 0 Å². The van der Waals surface area contributed by atoms with E-state index in [9.17, 15) is 4.79 Å². The van der Waals surface area contributed by atoms with Gasteiger partial charge < -0.3 is 14.8 Å². The number of nitrogens with one attached hydrogen (secondary N) is 2. The minimum atomic E-state index is -0.145. The van der Waals surface area contributed by atoms with Crippen molar-refractivity contribution in [2.75, 3.05) is 17.2 Å². The van der Waals surface area contributed by atoms with Gasteiger partial charge in [0.05, 0.1) is 13.2 Å². The molecule has 2 aromatic carbocycles. The third-order valence-electron chi connectivity index (χ3n) is 4.23. The highest BCUT2D eigenvalue weighted by molar-refractivity contribution is 5.88. The molecule has 1 heterocycles. The Hall–Kier alpha value is -3.52. The van der Waals surface area contributed by atoms with Crippen molar-refractivity contribution < 1.29 is 14.3 Å². The van der Waals surface area contributed by atoms with Crippen LogP contribution in [-0.4, -0.2) is 33.5 Å². The van der Waals surface area contributed by atoms with E-state index in [0.29, 0.717) is 31.4 Å². The first kappa shape index (κ1) is 22.2. The predicted octanol–water partition coefficient (Wildman–Crippen LogP) is 4.34. The van der Waals surface area contributed by atoms with Crippen LogP contribution in [0.5, 0.6) is 11.5 Å². The normalized spacial score (nSPS) is 11.6. The number of carbonyl (C=O) groups excluding carboxylic acids is 1. The van der Waals surface area contributed by atoms with Crippen molar-refractivity contribution in [3.63, 3.8) is 0 Å². The molecule has 0 radical (unpaired) electrons. The highest BCUT2D eigenvalue weighted by Crippen LogP contribution is 2.21. The molecule has 0 saturated heterocycles. The van der Waals surface area contributed by atoms with Crippen molar-refractivity contribution in [1.29, 1.82) is 0 Å². The highest BCUT2D eigenvalue weighted by Gasteiger charge is 2.10. The number of anilines is 2. The van der Waals surface area contributed by atoms with Crippen molar-refractivity contribution in [3.8, 4) is 11.5 Å². The Balaban J connectivity index is 1.46. The van der Waals surface area contributed by atoms with E-state index in [0.717, 1.165) is 17.1 Å². The Morgan fingerprint density at radius 2 is 1.65 bits per heavy atom. The number of nitrogens with zero attached hydrogens (tertiary/aromatic N) is 3. The molecule has 162 valence electrons. The van der Waals surface area contributed by atoms with Gasteiger partial charge in [0.25, 0.3) is 0 Å². The number of hydrogen-bond donors (Lipinski definition) is 2. The molecule has 1 amide bonds. The molecular formula is C23H27N5O3. The lowest BCUT2D eigenvalue weighted by molar-refractivity contribution is -0.115. The Morgan fingerprint density at radius 3 is 2.35 bits per heavy atom. The smallest absolute Gasteiger partial charge is 0.234 e. The Bertz CT molecular complexity index is 980. The molecule has 1 aromatic heterocycles. The number of para-hydroxylation sites is 1. The van der Waals surface area contributed by atoms with E-state index in [1.807, 2.05) is 61.5 Å². The molecule has 2 N–H and O–H groups in total. The monoisotopic (exact) mass is 421 g/mol. The van der Waals surface area contributed by atoms with Gasteiger partial charge in [0.2, 0.25) is 17.8 Å². The van der Waals surface area contributed by atoms with E-state index in [2.05, 4.69) is 25.6 Å². The zero-order valence-electron chi connectivity index (χ0n) is 18.0. The van der Waals surface area contributed by atoms with Gasteiger partial charge in [0, 0.05) is 12.5 Å². The Labute approximate surface area is 182 Å². The standard InChI is InChI=1S/C23H27N5O3/c1-4-21(29)27-23-26-17(3)25-22(28-23)24-16(2)14-30-15-18-10-12-20(13-11-18)31-19-8-6-5-7-9-19/h5-13,16H,4,14-15H2,1-3H3,(H2,24,25,26,27,28,29). The lowest BCUT2D eigenvalue weighted by Crippen LogP contribution is -2.24. The van der Waals surface area contributed by atoms with Gasteiger partial charge in [-0.15, -0.1) is 0 Å². The number of amides is 1. The van der Waals surface area contributed by atoms with E-state index >= 15 is 0 Å². The second kappa shape index (κ2) is 11.0. The van der Waals surface area contributed by atoms with Crippen LogP contribution in [0, 0.1) is 6.92 Å². The summed E-state index contributed by atoms with van der Waals surface area (Å²) in [6, 6.07) is 17.4. The molecule has 1 atom stereocenters. The van der Waals surface area contributed by atoms with Crippen molar-refractivity contribution in [2.45, 2.75) is 39.8 Å². The minimum absolute atomic E-state index is 0.0304. The number of hydrogen-bond acceptors (Lipinski definition) is 7. The third kappa shape index (κ3) is 7.35. The molecule has 0 aliphatic rings. The van der Waals surface area contributed by atoms with Crippen molar-refractivity contribution in [3.05, 3.63) is 66.0 Å². The molecular weight excluding hydrogens is 394 g/mol. The molecule has 3 aromatic rings. The van der Waals surface area contributed by atoms with Crippen LogP contribution in [0.3, 0.4) is 0 Å². The largest absolute Gasteiger partial charge is 0.457 e. The fourth-order valence-corrected chi connectivity index (χ4v) is 2.71. The highest BCUT2D eigenvalue weighted by atomic mass is 16.5. The van der Waals surface area contributed by atoms with Crippen LogP contribution in [0.4, 0.5) is 11.9 Å². The third-order valence-corrected chi connectivity index (χ3v) is 4.23. The lowest BCUT2D eigenvalue weighted by atomic mass is 10.2. The summed E-state index contributed by atoms with van der Waals surface area (Å²) in [4.78, 5) is 24.2. The quantitative estimate of drug-likeness (QED) is 0.502. The van der Waals surface area contributed by atoms with Crippen LogP contribution >= 0.6 is 0 Å². The maximum absolute atomic E-state index is 11.6. The zero-order valence-corrected chi connectivity index (χ0v) is 18.0. The van der Waals surface area contributed by atoms with Gasteiger partial charge in [-0.3, -0.25) is 10.1 Å². The molecule has 0 saturated carbocycles. The number of benzene rings is 2. The van der Waals surface area contributed by atoms with E-state index in [1.54, 1.807) is 13.8 Å². The van der Waals surface area contributed by atoms with Crippen LogP contribution in [0.2, 0.25) is 0 Å². The summed E-state index contributed by atoms with van der Waals surface area (Å²) >= 11 is 0. The molecule has 0 bridgehead atoms. The van der Waals surface area contributed by atoms with E-state index in [4.69, 9.17) is 9.47 Å². The summed E-state index contributed by atoms with van der Waals surface area (Å²) in [5.41, 5.74) is 1.05. The van der Waals surface area contributed by atoms with E-state index in [1.165, 1.54) is 0 Å². The number of carbonyl (C=O) groups is 1. The Morgan fingerprint density at radius 1 is 0.968 bits per heavy atom. The lowest BCUT2D eigenvalue weighted by Gasteiger charge is -2.15. The molecule has 1 unspecified atom stereocenters. The maximum atomic E-state index is 11.6. The summed E-state index contributed by atoms with van der Waals surface area (Å²) in [7, 11) is 0. The molecule has 8 heteroatoms. The van der Waals surface area contributed by atoms with Crippen LogP contribution in [-0.2, 0) is 16.1 Å². The van der Waals surface area contributed by atoms with E-state index < -0.39 is 0 Å². The van der Waals surface area contributed by atoms with Gasteiger partial charge in [-0.1, -0.05) is 37.3 Å². The SMILES string of the molecule is CCC(=O)Nc1nc(C)nc(NC(C)COCc2ccc(Oc3ccccc3)cc2)n1. The van der Waals surface area contributed by atoms with Crippen LogP contribution in [0.25, 0.3) is 0 Å². The number of aryl methyl sites for hydroxylation is 1. The van der Waals surface area contributed by atoms with Gasteiger partial charge in [-0.2, -0.15) is 15.0 Å². The van der Waals surface area contributed by atoms with Crippen LogP contribution in [0.1, 0.15) is 31.7 Å². The van der Waals surface area contributed by atoms with Crippen molar-refractivity contribution in [2.24, 2.45) is 0 Å². The molecule has 0 aliphatic heterocycles. The van der Waals surface area contributed by atoms with Gasteiger partial charge >= 0.3 is 0 Å². The second-order valence-corrected chi connectivity index (χ2v) is 7.05. The summed E-state index contributed by atoms with van der Waals surface area (Å²) in [6.07, 6.45) is 0.358. The molecule has 0 spiro atoms. The first-order valence-electron chi connectivity index (χ1n) is 10.2. The predicted molar refractivity (Wildman–Crippen MR) is 119 cm³/mol. The van der Waals surface area contributed by atoms with Gasteiger partial charge in [0.1, 0.15) is 17.3 Å². The molecule has 0 fully saturated rings. The van der Waals surface area contributed by atoms with Gasteiger partial charge in [0.15, 0.2) is 0 Å². The first-order chi connectivity index (χ1) is 15.0. The van der Waals surface area contributed by atoms with Gasteiger partial charge in [-0.05, 0) is 43.7 Å². The van der Waals surface area contributed by atoms with Crippen molar-refractivity contribution >= 4 is 17.8 Å². The fraction of sp³-hybridized carbons (Fsp3) is 0.304.